The molecule has 7 nitrogen and oxygen atoms in total. The first kappa shape index (κ1) is 22.7. The zero-order valence-corrected chi connectivity index (χ0v) is 18.0. The maximum atomic E-state index is 12.6. The highest BCUT2D eigenvalue weighted by atomic mass is 32.2. The van der Waals surface area contributed by atoms with Crippen LogP contribution in [-0.4, -0.2) is 33.6 Å². The van der Waals surface area contributed by atoms with Gasteiger partial charge in [-0.3, -0.25) is 4.79 Å². The highest BCUT2D eigenvalue weighted by Gasteiger charge is 2.17. The van der Waals surface area contributed by atoms with Crippen molar-refractivity contribution in [1.82, 2.24) is 4.72 Å². The van der Waals surface area contributed by atoms with Crippen LogP contribution < -0.4 is 19.5 Å². The van der Waals surface area contributed by atoms with E-state index in [2.05, 4.69) is 10.0 Å². The average Bonchev–Trinajstić information content (AvgIpc) is 2.69. The molecule has 0 saturated heterocycles. The molecule has 1 amide bonds. The minimum absolute atomic E-state index is 0.149. The van der Waals surface area contributed by atoms with Gasteiger partial charge in [-0.2, -0.15) is 0 Å². The molecule has 0 bridgehead atoms. The van der Waals surface area contributed by atoms with Gasteiger partial charge in [0.2, 0.25) is 10.0 Å². The summed E-state index contributed by atoms with van der Waals surface area (Å²) in [5.41, 5.74) is 0.899. The van der Waals surface area contributed by atoms with E-state index in [4.69, 9.17) is 9.47 Å². The fourth-order valence-corrected chi connectivity index (χ4v) is 3.86. The fourth-order valence-electron chi connectivity index (χ4n) is 2.53. The lowest BCUT2D eigenvalue weighted by Crippen LogP contribution is -2.31. The molecule has 158 valence electrons. The predicted octanol–water partition coefficient (Wildman–Crippen LogP) is 3.81. The molecule has 8 heteroatoms. The third-order valence-electron chi connectivity index (χ3n) is 4.20. The smallest absolute Gasteiger partial charge is 0.255 e. The van der Waals surface area contributed by atoms with Crippen molar-refractivity contribution in [2.75, 3.05) is 18.5 Å². The number of ether oxygens (including phenoxy) is 2. The number of anilines is 1. The van der Waals surface area contributed by atoms with Crippen molar-refractivity contribution >= 4 is 21.6 Å². The van der Waals surface area contributed by atoms with Gasteiger partial charge in [0, 0.05) is 17.3 Å². The molecule has 0 saturated carbocycles. The third kappa shape index (κ3) is 6.20. The van der Waals surface area contributed by atoms with Crippen LogP contribution >= 0.6 is 0 Å². The van der Waals surface area contributed by atoms with E-state index in [1.807, 2.05) is 20.8 Å². The van der Waals surface area contributed by atoms with Crippen molar-refractivity contribution in [1.29, 1.82) is 0 Å². The van der Waals surface area contributed by atoms with Gasteiger partial charge in [-0.05, 0) is 69.7 Å². The molecule has 29 heavy (non-hydrogen) atoms. The Morgan fingerprint density at radius 1 is 0.966 bits per heavy atom. The standard InChI is InChI=1S/C21H28N2O5S/c1-5-15(4)23-29(25,26)18-11-9-17(10-12-18)22-21(24)16-8-13-19(27-6-2)20(14-16)28-7-3/h8-15,23H,5-7H2,1-4H3,(H,22,24)/t15-/m0/s1. The van der Waals surface area contributed by atoms with Crippen LogP contribution in [0.1, 0.15) is 44.5 Å². The van der Waals surface area contributed by atoms with Crippen molar-refractivity contribution < 1.29 is 22.7 Å². The quantitative estimate of drug-likeness (QED) is 0.610. The number of rotatable bonds is 10. The van der Waals surface area contributed by atoms with Crippen molar-refractivity contribution in [2.24, 2.45) is 0 Å². The van der Waals surface area contributed by atoms with Gasteiger partial charge in [0.15, 0.2) is 11.5 Å². The van der Waals surface area contributed by atoms with Crippen LogP contribution in [0.4, 0.5) is 5.69 Å². The lowest BCUT2D eigenvalue weighted by molar-refractivity contribution is 0.102. The third-order valence-corrected chi connectivity index (χ3v) is 5.80. The fraction of sp³-hybridized carbons (Fsp3) is 0.381. The van der Waals surface area contributed by atoms with E-state index < -0.39 is 10.0 Å². The molecule has 0 fully saturated rings. The van der Waals surface area contributed by atoms with Crippen LogP contribution in [0, 0.1) is 0 Å². The highest BCUT2D eigenvalue weighted by Crippen LogP contribution is 2.29. The SMILES string of the molecule is CCOc1ccc(C(=O)Nc2ccc(S(=O)(=O)N[C@@H](C)CC)cc2)cc1OCC. The molecule has 0 spiro atoms. The first-order chi connectivity index (χ1) is 13.8. The Kier molecular flexibility index (Phi) is 8.04. The number of nitrogens with one attached hydrogen (secondary N) is 2. The van der Waals surface area contributed by atoms with E-state index in [1.165, 1.54) is 12.1 Å². The number of carbonyl (C=O) groups excluding carboxylic acids is 1. The molecule has 1 atom stereocenters. The number of benzene rings is 2. The molecule has 0 unspecified atom stereocenters. The van der Waals surface area contributed by atoms with Gasteiger partial charge in [0.05, 0.1) is 18.1 Å². The molecule has 0 heterocycles. The van der Waals surface area contributed by atoms with Crippen LogP contribution in [0.25, 0.3) is 0 Å². The van der Waals surface area contributed by atoms with Gasteiger partial charge in [-0.25, -0.2) is 13.1 Å². The summed E-state index contributed by atoms with van der Waals surface area (Å²) in [5.74, 6) is 0.746. The summed E-state index contributed by atoms with van der Waals surface area (Å²) >= 11 is 0. The van der Waals surface area contributed by atoms with E-state index in [9.17, 15) is 13.2 Å². The van der Waals surface area contributed by atoms with Crippen LogP contribution in [0.2, 0.25) is 0 Å². The molecule has 0 aliphatic heterocycles. The molecule has 0 aliphatic rings. The summed E-state index contributed by atoms with van der Waals surface area (Å²) in [6, 6.07) is 10.9. The van der Waals surface area contributed by atoms with Crippen LogP contribution in [0.5, 0.6) is 11.5 Å². The van der Waals surface area contributed by atoms with E-state index >= 15 is 0 Å². The number of amides is 1. The molecule has 0 radical (unpaired) electrons. The Labute approximate surface area is 172 Å². The van der Waals surface area contributed by atoms with Gasteiger partial charge in [-0.1, -0.05) is 6.92 Å². The average molecular weight is 421 g/mol. The minimum Gasteiger partial charge on any atom is -0.490 e. The van der Waals surface area contributed by atoms with Crippen molar-refractivity contribution in [2.45, 2.75) is 45.1 Å². The Bertz CT molecular complexity index is 927. The maximum absolute atomic E-state index is 12.6. The molecule has 2 N–H and O–H groups in total. The number of hydrogen-bond donors (Lipinski definition) is 2. The van der Waals surface area contributed by atoms with Gasteiger partial charge in [0.25, 0.3) is 5.91 Å². The normalized spacial score (nSPS) is 12.3. The van der Waals surface area contributed by atoms with Gasteiger partial charge in [-0.15, -0.1) is 0 Å². The minimum atomic E-state index is -3.58. The van der Waals surface area contributed by atoms with Gasteiger partial charge >= 0.3 is 0 Å². The summed E-state index contributed by atoms with van der Waals surface area (Å²) in [6.45, 7) is 8.38. The first-order valence-electron chi connectivity index (χ1n) is 9.64. The van der Waals surface area contributed by atoms with Gasteiger partial charge in [0.1, 0.15) is 0 Å². The lowest BCUT2D eigenvalue weighted by Gasteiger charge is -2.13. The molecular formula is C21H28N2O5S. The van der Waals surface area contributed by atoms with E-state index in [1.54, 1.807) is 37.3 Å². The summed E-state index contributed by atoms with van der Waals surface area (Å²) in [6.07, 6.45) is 0.694. The highest BCUT2D eigenvalue weighted by molar-refractivity contribution is 7.89. The summed E-state index contributed by atoms with van der Waals surface area (Å²) in [5, 5.41) is 2.76. The Morgan fingerprint density at radius 2 is 1.59 bits per heavy atom. The second kappa shape index (κ2) is 10.3. The summed E-state index contributed by atoms with van der Waals surface area (Å²) < 4.78 is 38.3. The molecule has 2 aromatic rings. The molecular weight excluding hydrogens is 392 g/mol. The summed E-state index contributed by atoms with van der Waals surface area (Å²) in [7, 11) is -3.58. The monoisotopic (exact) mass is 420 g/mol. The van der Waals surface area contributed by atoms with E-state index in [0.29, 0.717) is 42.4 Å². The van der Waals surface area contributed by atoms with Crippen molar-refractivity contribution in [3.63, 3.8) is 0 Å². The number of carbonyl (C=O) groups is 1. The topological polar surface area (TPSA) is 93.7 Å². The molecule has 0 aliphatic carbocycles. The largest absolute Gasteiger partial charge is 0.490 e. The Balaban J connectivity index is 2.14. The van der Waals surface area contributed by atoms with Crippen LogP contribution in [-0.2, 0) is 10.0 Å². The van der Waals surface area contributed by atoms with Crippen LogP contribution in [0.15, 0.2) is 47.4 Å². The van der Waals surface area contributed by atoms with Crippen molar-refractivity contribution in [3.05, 3.63) is 48.0 Å². The second-order valence-electron chi connectivity index (χ2n) is 6.44. The maximum Gasteiger partial charge on any atom is 0.255 e. The number of hydrogen-bond acceptors (Lipinski definition) is 5. The zero-order valence-electron chi connectivity index (χ0n) is 17.2. The second-order valence-corrected chi connectivity index (χ2v) is 8.15. The van der Waals surface area contributed by atoms with E-state index in [-0.39, 0.29) is 16.8 Å². The van der Waals surface area contributed by atoms with Crippen molar-refractivity contribution in [3.8, 4) is 11.5 Å². The molecule has 2 aromatic carbocycles. The molecule has 2 rings (SSSR count). The summed E-state index contributed by atoms with van der Waals surface area (Å²) in [4.78, 5) is 12.7. The Hall–Kier alpha value is -2.58. The molecule has 0 aromatic heterocycles. The first-order valence-corrected chi connectivity index (χ1v) is 11.1. The lowest BCUT2D eigenvalue weighted by atomic mass is 10.2. The predicted molar refractivity (Wildman–Crippen MR) is 113 cm³/mol. The number of sulfonamides is 1. The van der Waals surface area contributed by atoms with Crippen LogP contribution in [0.3, 0.4) is 0 Å². The Morgan fingerprint density at radius 3 is 2.17 bits per heavy atom. The van der Waals surface area contributed by atoms with E-state index in [0.717, 1.165) is 0 Å². The zero-order chi connectivity index (χ0) is 21.4. The van der Waals surface area contributed by atoms with Gasteiger partial charge < -0.3 is 14.8 Å².